The zero-order valence-electron chi connectivity index (χ0n) is 14.8. The lowest BCUT2D eigenvalue weighted by Crippen LogP contribution is -2.49. The van der Waals surface area contributed by atoms with Crippen LogP contribution in [0.1, 0.15) is 11.3 Å². The number of hydrogen-bond donors (Lipinski definition) is 3. The average Bonchev–Trinajstić information content (AvgIpc) is 3.07. The lowest BCUT2D eigenvalue weighted by Gasteiger charge is -2.18. The number of carbonyl (C=O) groups is 3. The number of furan rings is 1. The summed E-state index contributed by atoms with van der Waals surface area (Å²) in [6.07, 6.45) is 1.81. The first-order chi connectivity index (χ1) is 13.0. The quantitative estimate of drug-likeness (QED) is 0.579. The van der Waals surface area contributed by atoms with Gasteiger partial charge in [0.2, 0.25) is 11.8 Å². The van der Waals surface area contributed by atoms with Crippen LogP contribution in [0.2, 0.25) is 0 Å². The molecule has 2 aromatic rings. The third kappa shape index (κ3) is 4.53. The molecular formula is C19H21N3O5. The third-order valence-electron chi connectivity index (χ3n) is 4.54. The van der Waals surface area contributed by atoms with E-state index >= 15 is 0 Å². The summed E-state index contributed by atoms with van der Waals surface area (Å²) in [5, 5.41) is 14.5. The van der Waals surface area contributed by atoms with Crippen LogP contribution in [0.5, 0.6) is 0 Å². The van der Waals surface area contributed by atoms with E-state index < -0.39 is 30.0 Å². The molecule has 0 radical (unpaired) electrons. The lowest BCUT2D eigenvalue weighted by atomic mass is 10.0. The maximum atomic E-state index is 12.6. The number of benzene rings is 1. The zero-order valence-corrected chi connectivity index (χ0v) is 14.8. The Morgan fingerprint density at radius 2 is 1.89 bits per heavy atom. The van der Waals surface area contributed by atoms with E-state index in [1.54, 1.807) is 19.2 Å². The molecule has 142 valence electrons. The van der Waals surface area contributed by atoms with Crippen LogP contribution in [0.25, 0.3) is 0 Å². The van der Waals surface area contributed by atoms with E-state index in [4.69, 9.17) is 9.52 Å². The molecule has 4 atom stereocenters. The van der Waals surface area contributed by atoms with Crippen molar-refractivity contribution in [1.29, 1.82) is 0 Å². The van der Waals surface area contributed by atoms with Gasteiger partial charge in [0, 0.05) is 6.42 Å². The van der Waals surface area contributed by atoms with Crippen molar-refractivity contribution >= 4 is 17.8 Å². The maximum absolute atomic E-state index is 12.6. The molecule has 2 amide bonds. The number of carboxylic acids is 1. The lowest BCUT2D eigenvalue weighted by molar-refractivity contribution is -0.137. The van der Waals surface area contributed by atoms with Gasteiger partial charge in [0.05, 0.1) is 12.8 Å². The number of nitrogens with one attached hydrogen (secondary N) is 2. The van der Waals surface area contributed by atoms with Gasteiger partial charge in [-0.15, -0.1) is 0 Å². The van der Waals surface area contributed by atoms with Crippen molar-refractivity contribution < 1.29 is 23.9 Å². The second kappa shape index (κ2) is 8.05. The second-order valence-electron chi connectivity index (χ2n) is 6.44. The molecule has 1 unspecified atom stereocenters. The topological polar surface area (TPSA) is 112 Å². The predicted octanol–water partition coefficient (Wildman–Crippen LogP) is 0.391. The number of amides is 2. The first-order valence-electron chi connectivity index (χ1n) is 8.56. The molecule has 0 aliphatic carbocycles. The minimum absolute atomic E-state index is 0.202. The zero-order chi connectivity index (χ0) is 19.4. The van der Waals surface area contributed by atoms with Crippen LogP contribution in [0, 0.1) is 0 Å². The van der Waals surface area contributed by atoms with Crippen molar-refractivity contribution in [2.75, 3.05) is 7.05 Å². The molecule has 1 aromatic carbocycles. The summed E-state index contributed by atoms with van der Waals surface area (Å²) in [6, 6.07) is 10.3. The molecule has 1 aliphatic heterocycles. The van der Waals surface area contributed by atoms with E-state index in [1.807, 2.05) is 30.3 Å². The van der Waals surface area contributed by atoms with E-state index in [-0.39, 0.29) is 12.5 Å². The van der Waals surface area contributed by atoms with Crippen LogP contribution in [0.4, 0.5) is 0 Å². The normalized spacial score (nSPS) is 21.9. The standard InChI is InChI=1S/C19H21N3O5/c1-22-15(16(22)19(25)26)18(24)21-14(10-12-6-3-2-4-7-12)17(23)20-11-13-8-5-9-27-13/h2-9,14-16H,10-11H2,1H3,(H,20,23)(H,21,24)(H,25,26)/t14-,15-,16-,22?/m0/s1. The summed E-state index contributed by atoms with van der Waals surface area (Å²) >= 11 is 0. The molecule has 3 N–H and O–H groups in total. The minimum Gasteiger partial charge on any atom is -0.480 e. The Balaban J connectivity index is 1.66. The molecule has 8 heteroatoms. The first kappa shape index (κ1) is 18.7. The molecule has 1 aliphatic rings. The van der Waals surface area contributed by atoms with E-state index in [0.29, 0.717) is 12.2 Å². The highest BCUT2D eigenvalue weighted by atomic mass is 16.4. The Labute approximate surface area is 156 Å². The van der Waals surface area contributed by atoms with Gasteiger partial charge >= 0.3 is 5.97 Å². The summed E-state index contributed by atoms with van der Waals surface area (Å²) in [6.45, 7) is 0.202. The van der Waals surface area contributed by atoms with Gasteiger partial charge in [0.25, 0.3) is 0 Å². The number of carboxylic acid groups (broad SMARTS) is 1. The van der Waals surface area contributed by atoms with Gasteiger partial charge in [-0.25, -0.2) is 0 Å². The van der Waals surface area contributed by atoms with Gasteiger partial charge in [0.15, 0.2) is 0 Å². The third-order valence-corrected chi connectivity index (χ3v) is 4.54. The fraction of sp³-hybridized carbons (Fsp3) is 0.316. The molecule has 8 nitrogen and oxygen atoms in total. The number of hydrogen-bond acceptors (Lipinski definition) is 5. The monoisotopic (exact) mass is 371 g/mol. The highest BCUT2D eigenvalue weighted by Crippen LogP contribution is 2.26. The number of carbonyl (C=O) groups excluding carboxylic acids is 2. The summed E-state index contributed by atoms with van der Waals surface area (Å²) in [5.41, 5.74) is 0.884. The van der Waals surface area contributed by atoms with Crippen molar-refractivity contribution in [3.05, 3.63) is 60.1 Å². The second-order valence-corrected chi connectivity index (χ2v) is 6.44. The van der Waals surface area contributed by atoms with Crippen molar-refractivity contribution in [2.24, 2.45) is 0 Å². The highest BCUT2D eigenvalue weighted by molar-refractivity contribution is 5.97. The first-order valence-corrected chi connectivity index (χ1v) is 8.56. The Kier molecular flexibility index (Phi) is 5.56. The fourth-order valence-corrected chi connectivity index (χ4v) is 3.00. The van der Waals surface area contributed by atoms with Gasteiger partial charge in [-0.05, 0) is 24.7 Å². The van der Waals surface area contributed by atoms with Gasteiger partial charge in [0.1, 0.15) is 23.9 Å². The van der Waals surface area contributed by atoms with Crippen LogP contribution < -0.4 is 10.6 Å². The summed E-state index contributed by atoms with van der Waals surface area (Å²) in [7, 11) is 1.56. The van der Waals surface area contributed by atoms with Crippen LogP contribution in [-0.2, 0) is 27.3 Å². The predicted molar refractivity (Wildman–Crippen MR) is 95.6 cm³/mol. The van der Waals surface area contributed by atoms with Crippen molar-refractivity contribution in [3.63, 3.8) is 0 Å². The Hall–Kier alpha value is -3.13. The maximum Gasteiger partial charge on any atom is 0.323 e. The van der Waals surface area contributed by atoms with Crippen LogP contribution in [0.3, 0.4) is 0 Å². The van der Waals surface area contributed by atoms with E-state index in [1.165, 1.54) is 11.2 Å². The van der Waals surface area contributed by atoms with Crippen LogP contribution >= 0.6 is 0 Å². The SMILES string of the molecule is CN1[C@H](C(=O)O)[C@H]1C(=O)N[C@@H](Cc1ccccc1)C(=O)NCc1ccco1. The van der Waals surface area contributed by atoms with E-state index in [0.717, 1.165) is 5.56 Å². The molecule has 2 heterocycles. The fourth-order valence-electron chi connectivity index (χ4n) is 3.00. The molecule has 1 saturated heterocycles. The molecule has 0 saturated carbocycles. The van der Waals surface area contributed by atoms with E-state index in [9.17, 15) is 14.4 Å². The van der Waals surface area contributed by atoms with Gasteiger partial charge < -0.3 is 20.2 Å². The van der Waals surface area contributed by atoms with Crippen LogP contribution in [0.15, 0.2) is 53.1 Å². The smallest absolute Gasteiger partial charge is 0.323 e. The molecule has 0 bridgehead atoms. The number of aliphatic carboxylic acids is 1. The number of likely N-dealkylation sites (N-methyl/N-ethyl adjacent to an activating group) is 1. The summed E-state index contributed by atoms with van der Waals surface area (Å²) in [4.78, 5) is 37.6. The van der Waals surface area contributed by atoms with Crippen molar-refractivity contribution in [2.45, 2.75) is 31.1 Å². The Morgan fingerprint density at radius 3 is 2.48 bits per heavy atom. The van der Waals surface area contributed by atoms with Crippen molar-refractivity contribution in [3.8, 4) is 0 Å². The molecule has 1 aromatic heterocycles. The van der Waals surface area contributed by atoms with Gasteiger partial charge in [-0.3, -0.25) is 19.3 Å². The van der Waals surface area contributed by atoms with Crippen LogP contribution in [-0.4, -0.2) is 53.0 Å². The Morgan fingerprint density at radius 1 is 1.15 bits per heavy atom. The summed E-state index contributed by atoms with van der Waals surface area (Å²) < 4.78 is 5.19. The average molecular weight is 371 g/mol. The Bertz CT molecular complexity index is 806. The minimum atomic E-state index is -1.06. The van der Waals surface area contributed by atoms with Crippen molar-refractivity contribution in [1.82, 2.24) is 15.5 Å². The molecule has 27 heavy (non-hydrogen) atoms. The largest absolute Gasteiger partial charge is 0.480 e. The van der Waals surface area contributed by atoms with Gasteiger partial charge in [-0.1, -0.05) is 30.3 Å². The molecule has 1 fully saturated rings. The molecule has 3 rings (SSSR count). The summed E-state index contributed by atoms with van der Waals surface area (Å²) in [5.74, 6) is -1.29. The highest BCUT2D eigenvalue weighted by Gasteiger charge is 2.55. The van der Waals surface area contributed by atoms with E-state index in [2.05, 4.69) is 10.6 Å². The molecule has 0 spiro atoms. The molecular weight excluding hydrogens is 350 g/mol. The number of nitrogens with zero attached hydrogens (tertiary/aromatic N) is 1. The van der Waals surface area contributed by atoms with Gasteiger partial charge in [-0.2, -0.15) is 0 Å². The number of rotatable bonds is 8.